The van der Waals surface area contributed by atoms with E-state index in [1.54, 1.807) is 60.7 Å². The Hall–Kier alpha value is -5.30. The van der Waals surface area contributed by atoms with Gasteiger partial charge in [-0.05, 0) is 35.0 Å². The zero-order valence-corrected chi connectivity index (χ0v) is 24.3. The molecule has 0 radical (unpaired) electrons. The third-order valence-corrected chi connectivity index (χ3v) is 7.86. The van der Waals surface area contributed by atoms with Gasteiger partial charge in [-0.15, -0.1) is 0 Å². The fourth-order valence-electron chi connectivity index (χ4n) is 5.33. The van der Waals surface area contributed by atoms with Crippen LogP contribution in [0.3, 0.4) is 0 Å². The van der Waals surface area contributed by atoms with Gasteiger partial charge < -0.3 is 18.9 Å². The average Bonchev–Trinajstić information content (AvgIpc) is 3.03. The summed E-state index contributed by atoms with van der Waals surface area (Å²) in [5.41, 5.74) is 0. The van der Waals surface area contributed by atoms with Crippen molar-refractivity contribution in [2.45, 2.75) is 0 Å². The first-order chi connectivity index (χ1) is 21.5. The molecule has 0 amide bonds. The molecule has 7 aromatic rings. The highest BCUT2D eigenvalue weighted by Crippen LogP contribution is 2.48. The Morgan fingerprint density at radius 3 is 1.23 bits per heavy atom. The lowest BCUT2D eigenvalue weighted by Crippen LogP contribution is -2.16. The smallest absolute Gasteiger partial charge is 0.394 e. The first-order valence-electron chi connectivity index (χ1n) is 13.5. The molecule has 0 bridgehead atoms. The Kier molecular flexibility index (Phi) is 7.14. The van der Waals surface area contributed by atoms with Crippen LogP contribution in [0.2, 0.25) is 10.0 Å². The fourth-order valence-corrected chi connectivity index (χ4v) is 5.85. The Bertz CT molecular complexity index is 2090. The van der Waals surface area contributed by atoms with Crippen molar-refractivity contribution in [3.05, 3.63) is 131 Å². The van der Waals surface area contributed by atoms with Crippen molar-refractivity contribution >= 4 is 78.6 Å². The van der Waals surface area contributed by atoms with Crippen LogP contribution in [0, 0.1) is 0 Å². The highest BCUT2D eigenvalue weighted by molar-refractivity contribution is 6.40. The van der Waals surface area contributed by atoms with Crippen molar-refractivity contribution in [3.8, 4) is 23.0 Å². The molecule has 6 nitrogen and oxygen atoms in total. The maximum Gasteiger partial charge on any atom is 0.519 e. The van der Waals surface area contributed by atoms with Crippen molar-refractivity contribution < 1.29 is 28.5 Å². The average molecular weight is 619 g/mol. The van der Waals surface area contributed by atoms with Crippen LogP contribution in [-0.2, 0) is 0 Å². The molecule has 0 N–H and O–H groups in total. The second-order valence-electron chi connectivity index (χ2n) is 9.85. The van der Waals surface area contributed by atoms with Crippen LogP contribution in [0.15, 0.2) is 121 Å². The van der Waals surface area contributed by atoms with Gasteiger partial charge in [0.15, 0.2) is 11.5 Å². The molecule has 44 heavy (non-hydrogen) atoms. The molecule has 0 unspecified atom stereocenters. The van der Waals surface area contributed by atoms with Crippen LogP contribution < -0.4 is 18.9 Å². The Labute approximate surface area is 260 Å². The van der Waals surface area contributed by atoms with Crippen LogP contribution in [-0.4, -0.2) is 12.3 Å². The molecule has 0 heterocycles. The number of ether oxygens (including phenoxy) is 4. The van der Waals surface area contributed by atoms with Gasteiger partial charge in [-0.3, -0.25) is 0 Å². The molecule has 214 valence electrons. The first-order valence-corrected chi connectivity index (χ1v) is 14.3. The van der Waals surface area contributed by atoms with Gasteiger partial charge in [0.1, 0.15) is 11.5 Å². The standard InChI is InChI=1S/C36H20Cl2O6/c37-27-17-8-16-26-31(27)33(43-35(39)41-29-19-5-11-21-9-1-3-13-23(21)29)25-15-7-18-28(38)32(25)34(26)44-36(40)42-30-20-6-12-22-10-2-4-14-24(22)30/h1-20H. The number of rotatable bonds is 4. The number of hydrogen-bond acceptors (Lipinski definition) is 6. The maximum absolute atomic E-state index is 13.3. The van der Waals surface area contributed by atoms with Gasteiger partial charge in [-0.1, -0.05) is 120 Å². The summed E-state index contributed by atoms with van der Waals surface area (Å²) < 4.78 is 23.0. The minimum Gasteiger partial charge on any atom is -0.394 e. The quantitative estimate of drug-likeness (QED) is 0.111. The highest BCUT2D eigenvalue weighted by atomic mass is 35.5. The van der Waals surface area contributed by atoms with Crippen molar-refractivity contribution in [1.29, 1.82) is 0 Å². The SMILES string of the molecule is O=C(Oc1cccc2ccccc12)Oc1c2cccc(Cl)c2c(OC(=O)Oc2cccc3ccccc23)c2cccc(Cl)c12. The van der Waals surface area contributed by atoms with E-state index in [1.807, 2.05) is 60.7 Å². The monoisotopic (exact) mass is 618 g/mol. The molecule has 0 aromatic heterocycles. The van der Waals surface area contributed by atoms with Gasteiger partial charge >= 0.3 is 12.3 Å². The van der Waals surface area contributed by atoms with E-state index in [9.17, 15) is 9.59 Å². The number of fused-ring (bicyclic) bond motifs is 4. The van der Waals surface area contributed by atoms with E-state index in [1.165, 1.54) is 0 Å². The lowest BCUT2D eigenvalue weighted by Gasteiger charge is -2.18. The lowest BCUT2D eigenvalue weighted by atomic mass is 10.0. The van der Waals surface area contributed by atoms with E-state index in [0.29, 0.717) is 33.0 Å². The second kappa shape index (κ2) is 11.4. The van der Waals surface area contributed by atoms with Crippen LogP contribution >= 0.6 is 23.2 Å². The summed E-state index contributed by atoms with van der Waals surface area (Å²) in [5, 5.41) is 5.21. The number of carbonyl (C=O) groups is 2. The van der Waals surface area contributed by atoms with E-state index in [2.05, 4.69) is 0 Å². The van der Waals surface area contributed by atoms with Crippen LogP contribution in [0.5, 0.6) is 23.0 Å². The second-order valence-corrected chi connectivity index (χ2v) is 10.7. The Morgan fingerprint density at radius 1 is 0.409 bits per heavy atom. The summed E-state index contributed by atoms with van der Waals surface area (Å²) in [7, 11) is 0. The minimum atomic E-state index is -0.979. The first kappa shape index (κ1) is 27.5. The summed E-state index contributed by atoms with van der Waals surface area (Å²) in [4.78, 5) is 26.5. The van der Waals surface area contributed by atoms with Gasteiger partial charge in [0.05, 0.1) is 10.0 Å². The van der Waals surface area contributed by atoms with Crippen LogP contribution in [0.4, 0.5) is 9.59 Å². The molecule has 0 saturated heterocycles. The number of hydrogen-bond donors (Lipinski definition) is 0. The normalized spacial score (nSPS) is 11.1. The lowest BCUT2D eigenvalue weighted by molar-refractivity contribution is 0.151. The molecule has 0 aliphatic rings. The third-order valence-electron chi connectivity index (χ3n) is 7.23. The van der Waals surface area contributed by atoms with Crippen molar-refractivity contribution in [2.24, 2.45) is 0 Å². The number of carbonyl (C=O) groups excluding carboxylic acids is 2. The van der Waals surface area contributed by atoms with E-state index in [-0.39, 0.29) is 21.5 Å². The summed E-state index contributed by atoms with van der Waals surface area (Å²) >= 11 is 13.4. The van der Waals surface area contributed by atoms with Crippen molar-refractivity contribution in [1.82, 2.24) is 0 Å². The molecule has 7 rings (SSSR count). The molecule has 0 atom stereocenters. The van der Waals surface area contributed by atoms with Gasteiger partial charge in [-0.25, -0.2) is 9.59 Å². The molecule has 7 aromatic carbocycles. The van der Waals surface area contributed by atoms with Gasteiger partial charge in [0.25, 0.3) is 0 Å². The summed E-state index contributed by atoms with van der Waals surface area (Å²) in [6.07, 6.45) is -1.96. The van der Waals surface area contributed by atoms with Crippen molar-refractivity contribution in [2.75, 3.05) is 0 Å². The molecular formula is C36H20Cl2O6. The van der Waals surface area contributed by atoms with E-state index < -0.39 is 12.3 Å². The number of benzene rings is 7. The Balaban J connectivity index is 1.30. The largest absolute Gasteiger partial charge is 0.519 e. The van der Waals surface area contributed by atoms with E-state index in [0.717, 1.165) is 21.5 Å². The molecular weight excluding hydrogens is 599 g/mol. The van der Waals surface area contributed by atoms with Gasteiger partial charge in [0, 0.05) is 32.3 Å². The Morgan fingerprint density at radius 2 is 0.773 bits per heavy atom. The molecule has 0 aliphatic heterocycles. The summed E-state index contributed by atoms with van der Waals surface area (Å²) in [5.74, 6) is 0.871. The van der Waals surface area contributed by atoms with Crippen LogP contribution in [0.1, 0.15) is 0 Å². The summed E-state index contributed by atoms with van der Waals surface area (Å²) in [6, 6.07) is 35.8. The predicted octanol–water partition coefficient (Wildman–Crippen LogP) is 10.8. The van der Waals surface area contributed by atoms with E-state index in [4.69, 9.17) is 42.1 Å². The molecule has 0 spiro atoms. The van der Waals surface area contributed by atoms with Crippen LogP contribution in [0.25, 0.3) is 43.1 Å². The van der Waals surface area contributed by atoms with Crippen molar-refractivity contribution in [3.63, 3.8) is 0 Å². The summed E-state index contributed by atoms with van der Waals surface area (Å²) in [6.45, 7) is 0. The predicted molar refractivity (Wildman–Crippen MR) is 173 cm³/mol. The topological polar surface area (TPSA) is 71.1 Å². The molecule has 0 aliphatic carbocycles. The highest BCUT2D eigenvalue weighted by Gasteiger charge is 2.25. The van der Waals surface area contributed by atoms with E-state index >= 15 is 0 Å². The minimum absolute atomic E-state index is 0.100. The zero-order valence-electron chi connectivity index (χ0n) is 22.8. The fraction of sp³-hybridized carbons (Fsp3) is 0. The van der Waals surface area contributed by atoms with Gasteiger partial charge in [-0.2, -0.15) is 0 Å². The number of halogens is 2. The maximum atomic E-state index is 13.3. The molecule has 0 fully saturated rings. The molecule has 0 saturated carbocycles. The molecule has 8 heteroatoms. The zero-order chi connectivity index (χ0) is 30.2. The third kappa shape index (κ3) is 5.00. The van der Waals surface area contributed by atoms with Gasteiger partial charge in [0.2, 0.25) is 0 Å².